The zero-order valence-corrected chi connectivity index (χ0v) is 11.8. The fourth-order valence-electron chi connectivity index (χ4n) is 2.32. The SMILES string of the molecule is CC(C)CCNC(=O)C(=O)NC1CCCCC1C. The fraction of sp³-hybridized carbons (Fsp3) is 0.857. The van der Waals surface area contributed by atoms with Gasteiger partial charge >= 0.3 is 11.8 Å². The highest BCUT2D eigenvalue weighted by atomic mass is 16.2. The molecule has 0 aromatic carbocycles. The minimum atomic E-state index is -0.492. The summed E-state index contributed by atoms with van der Waals surface area (Å²) >= 11 is 0. The van der Waals surface area contributed by atoms with E-state index in [-0.39, 0.29) is 6.04 Å². The van der Waals surface area contributed by atoms with E-state index in [2.05, 4.69) is 31.4 Å². The van der Waals surface area contributed by atoms with E-state index in [4.69, 9.17) is 0 Å². The molecule has 0 heterocycles. The van der Waals surface area contributed by atoms with Gasteiger partial charge in [0.15, 0.2) is 0 Å². The lowest BCUT2D eigenvalue weighted by Crippen LogP contribution is -2.47. The first kappa shape index (κ1) is 15.0. The van der Waals surface area contributed by atoms with Crippen LogP contribution in [0, 0.1) is 11.8 Å². The van der Waals surface area contributed by atoms with Crippen molar-refractivity contribution in [3.05, 3.63) is 0 Å². The Morgan fingerprint density at radius 1 is 1.17 bits per heavy atom. The van der Waals surface area contributed by atoms with Gasteiger partial charge in [-0.3, -0.25) is 9.59 Å². The Morgan fingerprint density at radius 2 is 1.83 bits per heavy atom. The number of amides is 2. The summed E-state index contributed by atoms with van der Waals surface area (Å²) in [6.45, 7) is 6.90. The van der Waals surface area contributed by atoms with E-state index < -0.39 is 11.8 Å². The van der Waals surface area contributed by atoms with Crippen LogP contribution >= 0.6 is 0 Å². The van der Waals surface area contributed by atoms with Crippen molar-refractivity contribution in [2.45, 2.75) is 58.9 Å². The van der Waals surface area contributed by atoms with Gasteiger partial charge in [-0.15, -0.1) is 0 Å². The third-order valence-electron chi connectivity index (χ3n) is 3.64. The largest absolute Gasteiger partial charge is 0.348 e. The van der Waals surface area contributed by atoms with Gasteiger partial charge in [0.25, 0.3) is 0 Å². The first-order valence-electron chi connectivity index (χ1n) is 7.09. The molecule has 2 atom stereocenters. The van der Waals surface area contributed by atoms with Gasteiger partial charge in [-0.05, 0) is 31.1 Å². The molecule has 1 saturated carbocycles. The summed E-state index contributed by atoms with van der Waals surface area (Å²) in [5, 5.41) is 5.52. The molecule has 104 valence electrons. The number of hydrogen-bond acceptors (Lipinski definition) is 2. The maximum Gasteiger partial charge on any atom is 0.309 e. The van der Waals surface area contributed by atoms with Gasteiger partial charge in [-0.1, -0.05) is 33.6 Å². The molecule has 1 aliphatic carbocycles. The van der Waals surface area contributed by atoms with E-state index in [1.54, 1.807) is 0 Å². The standard InChI is InChI=1S/C14H26N2O2/c1-10(2)8-9-15-13(17)14(18)16-12-7-5-4-6-11(12)3/h10-12H,4-9H2,1-3H3,(H,15,17)(H,16,18). The van der Waals surface area contributed by atoms with Crippen molar-refractivity contribution in [2.24, 2.45) is 11.8 Å². The van der Waals surface area contributed by atoms with E-state index in [0.29, 0.717) is 18.4 Å². The second kappa shape index (κ2) is 7.39. The maximum absolute atomic E-state index is 11.7. The Kier molecular flexibility index (Phi) is 6.16. The monoisotopic (exact) mass is 254 g/mol. The Balaban J connectivity index is 2.28. The quantitative estimate of drug-likeness (QED) is 0.752. The Morgan fingerprint density at radius 3 is 2.44 bits per heavy atom. The maximum atomic E-state index is 11.7. The van der Waals surface area contributed by atoms with Crippen LogP contribution in [0.5, 0.6) is 0 Å². The molecule has 2 unspecified atom stereocenters. The van der Waals surface area contributed by atoms with Crippen molar-refractivity contribution in [2.75, 3.05) is 6.54 Å². The summed E-state index contributed by atoms with van der Waals surface area (Å²) in [6, 6.07) is 0.169. The van der Waals surface area contributed by atoms with Crippen LogP contribution in [0.2, 0.25) is 0 Å². The zero-order valence-electron chi connectivity index (χ0n) is 11.8. The van der Waals surface area contributed by atoms with Gasteiger partial charge in [-0.25, -0.2) is 0 Å². The van der Waals surface area contributed by atoms with Crippen LogP contribution in [0.3, 0.4) is 0 Å². The molecule has 2 N–H and O–H groups in total. The Labute approximate surface area is 110 Å². The first-order valence-corrected chi connectivity index (χ1v) is 7.09. The van der Waals surface area contributed by atoms with Gasteiger partial charge in [0.1, 0.15) is 0 Å². The molecule has 0 bridgehead atoms. The van der Waals surface area contributed by atoms with E-state index >= 15 is 0 Å². The predicted molar refractivity (Wildman–Crippen MR) is 72.0 cm³/mol. The molecule has 4 nitrogen and oxygen atoms in total. The highest BCUT2D eigenvalue weighted by Gasteiger charge is 2.25. The normalized spacial score (nSPS) is 23.8. The molecule has 1 fully saturated rings. The van der Waals surface area contributed by atoms with E-state index in [1.807, 2.05) is 0 Å². The van der Waals surface area contributed by atoms with Crippen LogP contribution in [-0.4, -0.2) is 24.4 Å². The van der Waals surface area contributed by atoms with Crippen molar-refractivity contribution >= 4 is 11.8 Å². The van der Waals surface area contributed by atoms with Crippen LogP contribution in [0.4, 0.5) is 0 Å². The lowest BCUT2D eigenvalue weighted by molar-refractivity contribution is -0.140. The summed E-state index contributed by atoms with van der Waals surface area (Å²) in [6.07, 6.45) is 5.41. The first-order chi connectivity index (χ1) is 8.50. The molecule has 0 aliphatic heterocycles. The average Bonchev–Trinajstić information content (AvgIpc) is 2.31. The molecule has 0 aromatic heterocycles. The lowest BCUT2D eigenvalue weighted by Gasteiger charge is -2.29. The molecule has 0 spiro atoms. The van der Waals surface area contributed by atoms with Crippen molar-refractivity contribution < 1.29 is 9.59 Å². The van der Waals surface area contributed by atoms with Gasteiger partial charge < -0.3 is 10.6 Å². The lowest BCUT2D eigenvalue weighted by atomic mass is 9.86. The molecule has 1 aliphatic rings. The van der Waals surface area contributed by atoms with Gasteiger partial charge in [0.05, 0.1) is 0 Å². The van der Waals surface area contributed by atoms with Gasteiger partial charge in [-0.2, -0.15) is 0 Å². The van der Waals surface area contributed by atoms with Gasteiger partial charge in [0, 0.05) is 12.6 Å². The Bertz CT molecular complexity index is 290. The second-order valence-electron chi connectivity index (χ2n) is 5.78. The molecule has 0 saturated heterocycles. The second-order valence-corrected chi connectivity index (χ2v) is 5.78. The summed E-state index contributed by atoms with van der Waals surface area (Å²) in [5.74, 6) is 0.0452. The Hall–Kier alpha value is -1.06. The molecule has 4 heteroatoms. The fourth-order valence-corrected chi connectivity index (χ4v) is 2.32. The van der Waals surface area contributed by atoms with E-state index in [9.17, 15) is 9.59 Å². The van der Waals surface area contributed by atoms with E-state index in [1.165, 1.54) is 6.42 Å². The van der Waals surface area contributed by atoms with Crippen molar-refractivity contribution in [1.29, 1.82) is 0 Å². The van der Waals surface area contributed by atoms with Gasteiger partial charge in [0.2, 0.25) is 0 Å². The minimum absolute atomic E-state index is 0.169. The van der Waals surface area contributed by atoms with Crippen molar-refractivity contribution in [1.82, 2.24) is 10.6 Å². The molecule has 18 heavy (non-hydrogen) atoms. The highest BCUT2D eigenvalue weighted by Crippen LogP contribution is 2.23. The minimum Gasteiger partial charge on any atom is -0.348 e. The molecule has 0 radical (unpaired) electrons. The number of carbonyl (C=O) groups is 2. The van der Waals surface area contributed by atoms with Crippen molar-refractivity contribution in [3.63, 3.8) is 0 Å². The average molecular weight is 254 g/mol. The number of carbonyl (C=O) groups excluding carboxylic acids is 2. The number of nitrogens with one attached hydrogen (secondary N) is 2. The number of hydrogen-bond donors (Lipinski definition) is 2. The predicted octanol–water partition coefficient (Wildman–Crippen LogP) is 1.84. The summed E-state index contributed by atoms with van der Waals surface area (Å²) in [7, 11) is 0. The summed E-state index contributed by atoms with van der Waals surface area (Å²) in [4.78, 5) is 23.3. The van der Waals surface area contributed by atoms with Crippen LogP contribution in [0.15, 0.2) is 0 Å². The number of rotatable bonds is 4. The van der Waals surface area contributed by atoms with Crippen molar-refractivity contribution in [3.8, 4) is 0 Å². The molecule has 1 rings (SSSR count). The van der Waals surface area contributed by atoms with Crippen LogP contribution in [0.1, 0.15) is 52.9 Å². The molecular formula is C14H26N2O2. The summed E-state index contributed by atoms with van der Waals surface area (Å²) < 4.78 is 0. The molecular weight excluding hydrogens is 228 g/mol. The third kappa shape index (κ3) is 5.07. The summed E-state index contributed by atoms with van der Waals surface area (Å²) in [5.41, 5.74) is 0. The third-order valence-corrected chi connectivity index (χ3v) is 3.64. The zero-order chi connectivity index (χ0) is 13.5. The van der Waals surface area contributed by atoms with Crippen LogP contribution in [-0.2, 0) is 9.59 Å². The molecule has 0 aromatic rings. The molecule has 2 amide bonds. The van der Waals surface area contributed by atoms with Crippen LogP contribution < -0.4 is 10.6 Å². The topological polar surface area (TPSA) is 58.2 Å². The van der Waals surface area contributed by atoms with E-state index in [0.717, 1.165) is 25.7 Å². The van der Waals surface area contributed by atoms with Crippen LogP contribution in [0.25, 0.3) is 0 Å². The highest BCUT2D eigenvalue weighted by molar-refractivity contribution is 6.35. The smallest absolute Gasteiger partial charge is 0.309 e.